The van der Waals surface area contributed by atoms with Crippen molar-refractivity contribution in [1.29, 1.82) is 0 Å². The first-order chi connectivity index (χ1) is 14.4. The van der Waals surface area contributed by atoms with Crippen LogP contribution >= 0.6 is 11.6 Å². The van der Waals surface area contributed by atoms with E-state index >= 15 is 0 Å². The largest absolute Gasteiger partial charge is 0.322 e. The second-order valence-corrected chi connectivity index (χ2v) is 7.38. The number of benzene rings is 2. The number of anilines is 1. The molecule has 2 heterocycles. The number of nitrogens with one attached hydrogen (secondary N) is 1. The molecule has 0 saturated heterocycles. The van der Waals surface area contributed by atoms with E-state index in [0.29, 0.717) is 28.5 Å². The molecule has 2 aromatic carbocycles. The van der Waals surface area contributed by atoms with Crippen LogP contribution in [0.15, 0.2) is 60.9 Å². The average Bonchev–Trinajstić information content (AvgIpc) is 3.30. The summed E-state index contributed by atoms with van der Waals surface area (Å²) in [5.41, 5.74) is 3.57. The van der Waals surface area contributed by atoms with Gasteiger partial charge in [-0.2, -0.15) is 10.2 Å². The highest BCUT2D eigenvalue weighted by atomic mass is 35.5. The predicted molar refractivity (Wildman–Crippen MR) is 114 cm³/mol. The number of aromatic nitrogens is 4. The standard InChI is InChI=1S/C22H19ClFN5O/c1-14-9-15(2)29(27-14)21-8-7-18(10-20(21)24)26-22(30)17-11-25-28(13-17)12-16-5-3-4-6-19(16)23/h3-11,13H,12H2,1-2H3,(H,26,30). The zero-order valence-electron chi connectivity index (χ0n) is 16.4. The van der Waals surface area contributed by atoms with Crippen LogP contribution < -0.4 is 5.32 Å². The molecular weight excluding hydrogens is 405 g/mol. The van der Waals surface area contributed by atoms with Crippen LogP contribution in [-0.2, 0) is 6.54 Å². The second-order valence-electron chi connectivity index (χ2n) is 6.98. The van der Waals surface area contributed by atoms with Crippen molar-refractivity contribution in [2.45, 2.75) is 20.4 Å². The van der Waals surface area contributed by atoms with Crippen LogP contribution in [0.25, 0.3) is 5.69 Å². The molecule has 0 fully saturated rings. The zero-order valence-corrected chi connectivity index (χ0v) is 17.2. The van der Waals surface area contributed by atoms with Gasteiger partial charge >= 0.3 is 0 Å². The van der Waals surface area contributed by atoms with Gasteiger partial charge in [-0.3, -0.25) is 9.48 Å². The Morgan fingerprint density at radius 1 is 1.17 bits per heavy atom. The second kappa shape index (κ2) is 8.12. The summed E-state index contributed by atoms with van der Waals surface area (Å²) in [6, 6.07) is 13.8. The van der Waals surface area contributed by atoms with Crippen LogP contribution in [0.3, 0.4) is 0 Å². The summed E-state index contributed by atoms with van der Waals surface area (Å²) in [4.78, 5) is 12.5. The molecule has 0 unspecified atom stereocenters. The molecule has 30 heavy (non-hydrogen) atoms. The summed E-state index contributed by atoms with van der Waals surface area (Å²) >= 11 is 6.17. The quantitative estimate of drug-likeness (QED) is 0.502. The Kier molecular flexibility index (Phi) is 5.37. The molecule has 0 atom stereocenters. The first kappa shape index (κ1) is 19.8. The summed E-state index contributed by atoms with van der Waals surface area (Å²) in [6.07, 6.45) is 3.09. The molecule has 1 N–H and O–H groups in total. The van der Waals surface area contributed by atoms with Crippen LogP contribution in [0.5, 0.6) is 0 Å². The lowest BCUT2D eigenvalue weighted by molar-refractivity contribution is 0.102. The van der Waals surface area contributed by atoms with Crippen LogP contribution in [0.2, 0.25) is 5.02 Å². The summed E-state index contributed by atoms with van der Waals surface area (Å²) in [7, 11) is 0. The van der Waals surface area contributed by atoms with Gasteiger partial charge in [0.05, 0.1) is 24.0 Å². The molecule has 1 amide bonds. The fourth-order valence-electron chi connectivity index (χ4n) is 3.20. The highest BCUT2D eigenvalue weighted by Gasteiger charge is 2.13. The fraction of sp³-hybridized carbons (Fsp3) is 0.136. The lowest BCUT2D eigenvalue weighted by Crippen LogP contribution is -2.12. The van der Waals surface area contributed by atoms with Crippen molar-refractivity contribution >= 4 is 23.2 Å². The molecule has 0 saturated carbocycles. The van der Waals surface area contributed by atoms with Gasteiger partial charge < -0.3 is 5.32 Å². The van der Waals surface area contributed by atoms with E-state index in [1.165, 1.54) is 16.9 Å². The van der Waals surface area contributed by atoms with Crippen LogP contribution in [0, 0.1) is 19.7 Å². The summed E-state index contributed by atoms with van der Waals surface area (Å²) in [5.74, 6) is -0.855. The van der Waals surface area contributed by atoms with Crippen molar-refractivity contribution in [2.75, 3.05) is 5.32 Å². The maximum absolute atomic E-state index is 14.6. The normalized spacial score (nSPS) is 10.9. The molecule has 6 nitrogen and oxygen atoms in total. The zero-order chi connectivity index (χ0) is 21.3. The highest BCUT2D eigenvalue weighted by molar-refractivity contribution is 6.31. The highest BCUT2D eigenvalue weighted by Crippen LogP contribution is 2.21. The Labute approximate surface area is 177 Å². The monoisotopic (exact) mass is 423 g/mol. The SMILES string of the molecule is Cc1cc(C)n(-c2ccc(NC(=O)c3cnn(Cc4ccccc4Cl)c3)cc2F)n1. The van der Waals surface area contributed by atoms with E-state index in [1.54, 1.807) is 29.1 Å². The Morgan fingerprint density at radius 3 is 2.67 bits per heavy atom. The lowest BCUT2D eigenvalue weighted by atomic mass is 10.2. The van der Waals surface area contributed by atoms with Crippen molar-refractivity contribution < 1.29 is 9.18 Å². The van der Waals surface area contributed by atoms with Gasteiger partial charge in [-0.1, -0.05) is 29.8 Å². The van der Waals surface area contributed by atoms with Gasteiger partial charge in [-0.15, -0.1) is 0 Å². The Balaban J connectivity index is 1.48. The number of amides is 1. The van der Waals surface area contributed by atoms with Gasteiger partial charge in [0.25, 0.3) is 5.91 Å². The molecule has 0 aliphatic heterocycles. The molecule has 0 radical (unpaired) electrons. The molecular formula is C22H19ClFN5O. The smallest absolute Gasteiger partial charge is 0.258 e. The molecule has 0 spiro atoms. The van der Waals surface area contributed by atoms with Crippen LogP contribution in [-0.4, -0.2) is 25.5 Å². The van der Waals surface area contributed by atoms with Gasteiger partial charge in [0.1, 0.15) is 5.69 Å². The summed E-state index contributed by atoms with van der Waals surface area (Å²) in [5, 5.41) is 11.8. The van der Waals surface area contributed by atoms with E-state index in [-0.39, 0.29) is 5.91 Å². The third kappa shape index (κ3) is 4.11. The number of hydrogen-bond acceptors (Lipinski definition) is 3. The molecule has 4 aromatic rings. The van der Waals surface area contributed by atoms with Gasteiger partial charge in [0, 0.05) is 22.6 Å². The molecule has 0 aliphatic carbocycles. The molecule has 152 valence electrons. The summed E-state index contributed by atoms with van der Waals surface area (Å²) in [6.45, 7) is 4.15. The first-order valence-electron chi connectivity index (χ1n) is 9.31. The van der Waals surface area contributed by atoms with Crippen LogP contribution in [0.4, 0.5) is 10.1 Å². The molecule has 4 rings (SSSR count). The number of carbonyl (C=O) groups excluding carboxylic acids is 1. The van der Waals surface area contributed by atoms with Crippen molar-refractivity contribution in [3.05, 3.63) is 94.3 Å². The molecule has 2 aromatic heterocycles. The Morgan fingerprint density at radius 2 is 1.97 bits per heavy atom. The minimum atomic E-state index is -0.478. The van der Waals surface area contributed by atoms with Crippen LogP contribution in [0.1, 0.15) is 27.3 Å². The molecule has 8 heteroatoms. The molecule has 0 aliphatic rings. The van der Waals surface area contributed by atoms with E-state index in [2.05, 4.69) is 15.5 Å². The van der Waals surface area contributed by atoms with Gasteiger partial charge in [0.15, 0.2) is 5.82 Å². The summed E-state index contributed by atoms with van der Waals surface area (Å²) < 4.78 is 17.8. The molecule has 0 bridgehead atoms. The predicted octanol–water partition coefficient (Wildman–Crippen LogP) is 4.78. The fourth-order valence-corrected chi connectivity index (χ4v) is 3.40. The number of hydrogen-bond donors (Lipinski definition) is 1. The number of carbonyl (C=O) groups is 1. The van der Waals surface area contributed by atoms with Gasteiger partial charge in [0.2, 0.25) is 0 Å². The number of halogens is 2. The number of nitrogens with zero attached hydrogens (tertiary/aromatic N) is 4. The third-order valence-corrected chi connectivity index (χ3v) is 5.00. The minimum absolute atomic E-state index is 0.325. The topological polar surface area (TPSA) is 64.7 Å². The minimum Gasteiger partial charge on any atom is -0.322 e. The number of aryl methyl sites for hydroxylation is 2. The van der Waals surface area contributed by atoms with Gasteiger partial charge in [-0.05, 0) is 49.7 Å². The van der Waals surface area contributed by atoms with Crippen molar-refractivity contribution in [3.63, 3.8) is 0 Å². The average molecular weight is 424 g/mol. The maximum Gasteiger partial charge on any atom is 0.258 e. The van der Waals surface area contributed by atoms with E-state index in [1.807, 2.05) is 38.1 Å². The van der Waals surface area contributed by atoms with Gasteiger partial charge in [-0.25, -0.2) is 9.07 Å². The third-order valence-electron chi connectivity index (χ3n) is 4.63. The maximum atomic E-state index is 14.6. The van der Waals surface area contributed by atoms with E-state index in [0.717, 1.165) is 17.0 Å². The van der Waals surface area contributed by atoms with E-state index < -0.39 is 5.82 Å². The van der Waals surface area contributed by atoms with Crippen molar-refractivity contribution in [2.24, 2.45) is 0 Å². The number of rotatable bonds is 5. The van der Waals surface area contributed by atoms with E-state index in [4.69, 9.17) is 11.6 Å². The first-order valence-corrected chi connectivity index (χ1v) is 9.69. The Bertz CT molecular complexity index is 1230. The Hall–Kier alpha value is -3.45. The van der Waals surface area contributed by atoms with E-state index in [9.17, 15) is 9.18 Å². The van der Waals surface area contributed by atoms with Crippen molar-refractivity contribution in [3.8, 4) is 5.69 Å². The van der Waals surface area contributed by atoms with Crippen molar-refractivity contribution in [1.82, 2.24) is 19.6 Å². The lowest BCUT2D eigenvalue weighted by Gasteiger charge is -2.09.